The molecule has 1 rings (SSSR count). The van der Waals surface area contributed by atoms with E-state index in [4.69, 9.17) is 10.1 Å². The third kappa shape index (κ3) is 4.54. The van der Waals surface area contributed by atoms with Gasteiger partial charge in [0.2, 0.25) is 0 Å². The number of carbonyl (C=O) groups excluding carboxylic acids is 1. The Balaban J connectivity index is 2.70. The number of rotatable bonds is 6. The van der Waals surface area contributed by atoms with E-state index in [1.807, 2.05) is 0 Å². The van der Waals surface area contributed by atoms with Crippen LogP contribution in [0.5, 0.6) is 0 Å². The molecule has 0 aliphatic carbocycles. The van der Waals surface area contributed by atoms with Crippen LogP contribution in [-0.2, 0) is 10.1 Å². The van der Waals surface area contributed by atoms with E-state index < -0.39 is 10.1 Å². The van der Waals surface area contributed by atoms with Gasteiger partial charge in [0.05, 0.1) is 4.90 Å². The Bertz CT molecular complexity index is 620. The predicted octanol–water partition coefficient (Wildman–Crippen LogP) is 1.71. The van der Waals surface area contributed by atoms with Crippen molar-refractivity contribution in [3.63, 3.8) is 0 Å². The van der Waals surface area contributed by atoms with Gasteiger partial charge in [-0.05, 0) is 36.2 Å². The molecule has 0 unspecified atom stereocenters. The van der Waals surface area contributed by atoms with Gasteiger partial charge in [-0.25, -0.2) is 0 Å². The summed E-state index contributed by atoms with van der Waals surface area (Å²) in [4.78, 5) is 15.8. The molecule has 0 saturated carbocycles. The molecule has 0 radical (unpaired) electrons. The van der Waals surface area contributed by atoms with E-state index in [1.54, 1.807) is 7.05 Å². The fourth-order valence-corrected chi connectivity index (χ4v) is 1.99. The van der Waals surface area contributed by atoms with Crippen molar-refractivity contribution in [2.45, 2.75) is 11.3 Å². The Morgan fingerprint density at radius 3 is 2.50 bits per heavy atom. The molecule has 8 nitrogen and oxygen atoms in total. The number of hydrogen-bond donors (Lipinski definition) is 1. The fourth-order valence-electron chi connectivity index (χ4n) is 1.51. The lowest BCUT2D eigenvalue weighted by Gasteiger charge is -2.16. The average Bonchev–Trinajstić information content (AvgIpc) is 2.41. The van der Waals surface area contributed by atoms with Gasteiger partial charge in [0, 0.05) is 30.6 Å². The number of nitrogens with zero attached hydrogens (tertiary/aromatic N) is 4. The minimum atomic E-state index is -4.26. The quantitative estimate of drug-likeness (QED) is 0.282. The smallest absolute Gasteiger partial charge is 0.294 e. The number of benzene rings is 1. The maximum atomic E-state index is 12.0. The zero-order chi connectivity index (χ0) is 15.2. The highest BCUT2D eigenvalue weighted by Gasteiger charge is 2.13. The first kappa shape index (κ1) is 16.0. The molecular weight excluding hydrogens is 284 g/mol. The van der Waals surface area contributed by atoms with Crippen LogP contribution in [0.15, 0.2) is 34.3 Å². The second kappa shape index (κ2) is 6.90. The van der Waals surface area contributed by atoms with Crippen molar-refractivity contribution in [2.75, 3.05) is 20.1 Å². The SMILES string of the molecule is CN(CCCN=[N+]=[N-])C(=O)c1ccc(S(=O)(=O)O)cc1. The third-order valence-corrected chi connectivity index (χ3v) is 3.43. The van der Waals surface area contributed by atoms with Crippen LogP contribution in [-0.4, -0.2) is 43.9 Å². The van der Waals surface area contributed by atoms with Crippen LogP contribution in [0.2, 0.25) is 0 Å². The van der Waals surface area contributed by atoms with E-state index >= 15 is 0 Å². The van der Waals surface area contributed by atoms with Gasteiger partial charge in [0.15, 0.2) is 0 Å². The summed E-state index contributed by atoms with van der Waals surface area (Å²) in [5.41, 5.74) is 8.43. The lowest BCUT2D eigenvalue weighted by Crippen LogP contribution is -2.28. The van der Waals surface area contributed by atoms with Gasteiger partial charge in [0.1, 0.15) is 0 Å². The molecule has 0 heterocycles. The summed E-state index contributed by atoms with van der Waals surface area (Å²) in [6, 6.07) is 4.98. The molecular formula is C11H14N4O4S. The van der Waals surface area contributed by atoms with Crippen molar-refractivity contribution in [2.24, 2.45) is 5.11 Å². The molecule has 9 heteroatoms. The normalized spacial score (nSPS) is 10.7. The van der Waals surface area contributed by atoms with E-state index in [9.17, 15) is 13.2 Å². The lowest BCUT2D eigenvalue weighted by atomic mass is 10.2. The molecule has 108 valence electrons. The topological polar surface area (TPSA) is 123 Å². The van der Waals surface area contributed by atoms with Gasteiger partial charge in [-0.1, -0.05) is 5.11 Å². The molecule has 0 bridgehead atoms. The summed E-state index contributed by atoms with van der Waals surface area (Å²) in [7, 11) is -2.67. The fraction of sp³-hybridized carbons (Fsp3) is 0.364. The number of amides is 1. The van der Waals surface area contributed by atoms with Crippen LogP contribution >= 0.6 is 0 Å². The van der Waals surface area contributed by atoms with Crippen LogP contribution in [0.3, 0.4) is 0 Å². The molecule has 0 aromatic heterocycles. The van der Waals surface area contributed by atoms with Crippen molar-refractivity contribution in [1.82, 2.24) is 4.90 Å². The third-order valence-electron chi connectivity index (χ3n) is 2.56. The van der Waals surface area contributed by atoms with E-state index in [2.05, 4.69) is 10.0 Å². The highest BCUT2D eigenvalue weighted by Crippen LogP contribution is 2.11. The Hall–Kier alpha value is -2.09. The van der Waals surface area contributed by atoms with Gasteiger partial charge in [0.25, 0.3) is 16.0 Å². The summed E-state index contributed by atoms with van der Waals surface area (Å²) in [5, 5.41) is 3.36. The average molecular weight is 298 g/mol. The van der Waals surface area contributed by atoms with E-state index in [0.29, 0.717) is 25.1 Å². The molecule has 1 amide bonds. The Morgan fingerprint density at radius 1 is 1.40 bits per heavy atom. The Labute approximate surface area is 116 Å². The van der Waals surface area contributed by atoms with Crippen LogP contribution in [0, 0.1) is 0 Å². The summed E-state index contributed by atoms with van der Waals surface area (Å²) < 4.78 is 30.6. The second-order valence-electron chi connectivity index (χ2n) is 4.03. The molecule has 0 atom stereocenters. The standard InChI is InChI=1S/C11H14N4O4S/c1-15(8-2-7-13-14-12)11(16)9-3-5-10(6-4-9)20(17,18)19/h3-6H,2,7-8H2,1H3,(H,17,18,19). The molecule has 0 aliphatic heterocycles. The number of hydrogen-bond acceptors (Lipinski definition) is 4. The molecule has 1 aromatic rings. The zero-order valence-corrected chi connectivity index (χ0v) is 11.6. The van der Waals surface area contributed by atoms with Crippen LogP contribution in [0.4, 0.5) is 0 Å². The van der Waals surface area contributed by atoms with E-state index in [0.717, 1.165) is 12.1 Å². The maximum Gasteiger partial charge on any atom is 0.294 e. The van der Waals surface area contributed by atoms with Crippen LogP contribution in [0.1, 0.15) is 16.8 Å². The minimum Gasteiger partial charge on any atom is -0.342 e. The van der Waals surface area contributed by atoms with Gasteiger partial charge < -0.3 is 4.90 Å². The molecule has 0 saturated heterocycles. The largest absolute Gasteiger partial charge is 0.342 e. The minimum absolute atomic E-state index is 0.264. The maximum absolute atomic E-state index is 12.0. The van der Waals surface area contributed by atoms with E-state index in [1.165, 1.54) is 17.0 Å². The first-order valence-corrected chi connectivity index (χ1v) is 7.14. The highest BCUT2D eigenvalue weighted by molar-refractivity contribution is 7.85. The summed E-state index contributed by atoms with van der Waals surface area (Å²) in [5.74, 6) is -0.284. The summed E-state index contributed by atoms with van der Waals surface area (Å²) in [6.45, 7) is 0.716. The van der Waals surface area contributed by atoms with Gasteiger partial charge in [-0.3, -0.25) is 9.35 Å². The van der Waals surface area contributed by atoms with Crippen molar-refractivity contribution in [3.05, 3.63) is 40.3 Å². The van der Waals surface area contributed by atoms with Crippen LogP contribution in [0.25, 0.3) is 10.4 Å². The Kier molecular flexibility index (Phi) is 5.51. The van der Waals surface area contributed by atoms with Crippen molar-refractivity contribution in [3.8, 4) is 0 Å². The zero-order valence-electron chi connectivity index (χ0n) is 10.8. The van der Waals surface area contributed by atoms with Gasteiger partial charge in [-0.2, -0.15) is 8.42 Å². The van der Waals surface area contributed by atoms with Gasteiger partial charge >= 0.3 is 0 Å². The number of carbonyl (C=O) groups is 1. The summed E-state index contributed by atoms with van der Waals surface area (Å²) in [6.07, 6.45) is 0.537. The molecule has 1 N–H and O–H groups in total. The first-order chi connectivity index (χ1) is 9.36. The molecule has 0 spiro atoms. The number of azide groups is 1. The highest BCUT2D eigenvalue weighted by atomic mass is 32.2. The molecule has 0 aliphatic rings. The second-order valence-corrected chi connectivity index (χ2v) is 5.46. The first-order valence-electron chi connectivity index (χ1n) is 5.70. The van der Waals surface area contributed by atoms with Crippen molar-refractivity contribution < 1.29 is 17.8 Å². The van der Waals surface area contributed by atoms with Crippen molar-refractivity contribution >= 4 is 16.0 Å². The summed E-state index contributed by atoms with van der Waals surface area (Å²) >= 11 is 0. The molecule has 1 aromatic carbocycles. The van der Waals surface area contributed by atoms with Crippen molar-refractivity contribution in [1.29, 1.82) is 0 Å². The van der Waals surface area contributed by atoms with Gasteiger partial charge in [-0.15, -0.1) is 0 Å². The van der Waals surface area contributed by atoms with E-state index in [-0.39, 0.29) is 10.8 Å². The predicted molar refractivity (Wildman–Crippen MR) is 71.8 cm³/mol. The Morgan fingerprint density at radius 2 is 2.00 bits per heavy atom. The monoisotopic (exact) mass is 298 g/mol. The lowest BCUT2D eigenvalue weighted by molar-refractivity contribution is 0.0794. The molecule has 20 heavy (non-hydrogen) atoms. The van der Waals surface area contributed by atoms with Crippen LogP contribution < -0.4 is 0 Å². The molecule has 0 fully saturated rings.